The molecule has 0 amide bonds. The Labute approximate surface area is 116 Å². The standard InChI is InChI=1S/C16H27NS/c1-10-15(3-2-4-18-10)17-16-13-6-11-5-12(8-13)9-14(16)7-11/h10-17H,2-9H2,1H3. The number of hydrogen-bond donors (Lipinski definition) is 1. The Morgan fingerprint density at radius 3 is 2.22 bits per heavy atom. The molecule has 0 aromatic rings. The van der Waals surface area contributed by atoms with E-state index < -0.39 is 0 Å². The van der Waals surface area contributed by atoms with E-state index in [2.05, 4.69) is 24.0 Å². The van der Waals surface area contributed by atoms with Crippen LogP contribution >= 0.6 is 11.8 Å². The maximum absolute atomic E-state index is 4.13. The molecule has 4 bridgehead atoms. The van der Waals surface area contributed by atoms with Gasteiger partial charge in [0.05, 0.1) is 0 Å². The maximum atomic E-state index is 4.13. The molecule has 102 valence electrons. The normalized spacial score (nSPS) is 54.8. The van der Waals surface area contributed by atoms with Gasteiger partial charge in [0.15, 0.2) is 0 Å². The quantitative estimate of drug-likeness (QED) is 0.817. The monoisotopic (exact) mass is 265 g/mol. The summed E-state index contributed by atoms with van der Waals surface area (Å²) in [5.41, 5.74) is 0. The average molecular weight is 265 g/mol. The highest BCUT2D eigenvalue weighted by molar-refractivity contribution is 7.99. The summed E-state index contributed by atoms with van der Waals surface area (Å²) in [4.78, 5) is 0. The molecule has 4 saturated carbocycles. The van der Waals surface area contributed by atoms with Crippen LogP contribution in [-0.2, 0) is 0 Å². The van der Waals surface area contributed by atoms with Gasteiger partial charge >= 0.3 is 0 Å². The third-order valence-corrected chi connectivity index (χ3v) is 7.62. The third kappa shape index (κ3) is 2.04. The number of rotatable bonds is 2. The van der Waals surface area contributed by atoms with Gasteiger partial charge in [-0.15, -0.1) is 0 Å². The largest absolute Gasteiger partial charge is 0.310 e. The van der Waals surface area contributed by atoms with Gasteiger partial charge in [0.25, 0.3) is 0 Å². The molecule has 5 rings (SSSR count). The second-order valence-electron chi connectivity index (χ2n) is 7.45. The van der Waals surface area contributed by atoms with Crippen molar-refractivity contribution >= 4 is 11.8 Å². The Morgan fingerprint density at radius 2 is 1.61 bits per heavy atom. The van der Waals surface area contributed by atoms with Crippen LogP contribution in [0.5, 0.6) is 0 Å². The van der Waals surface area contributed by atoms with Crippen LogP contribution in [0.1, 0.15) is 51.9 Å². The molecule has 4 aliphatic carbocycles. The predicted molar refractivity (Wildman–Crippen MR) is 78.9 cm³/mol. The number of nitrogens with one attached hydrogen (secondary N) is 1. The fourth-order valence-corrected chi connectivity index (χ4v) is 6.74. The topological polar surface area (TPSA) is 12.0 Å². The van der Waals surface area contributed by atoms with Gasteiger partial charge in [-0.25, -0.2) is 0 Å². The van der Waals surface area contributed by atoms with Crippen molar-refractivity contribution in [3.63, 3.8) is 0 Å². The van der Waals surface area contributed by atoms with E-state index in [1.807, 2.05) is 0 Å². The van der Waals surface area contributed by atoms with E-state index in [1.165, 1.54) is 18.6 Å². The van der Waals surface area contributed by atoms with Crippen LogP contribution in [0.25, 0.3) is 0 Å². The minimum atomic E-state index is 0.811. The Morgan fingerprint density at radius 1 is 0.944 bits per heavy atom. The minimum absolute atomic E-state index is 0.811. The van der Waals surface area contributed by atoms with Gasteiger partial charge in [-0.3, -0.25) is 0 Å². The lowest BCUT2D eigenvalue weighted by atomic mass is 9.54. The van der Waals surface area contributed by atoms with Crippen molar-refractivity contribution in [3.05, 3.63) is 0 Å². The Kier molecular flexibility index (Phi) is 3.15. The smallest absolute Gasteiger partial charge is 0.0186 e. The van der Waals surface area contributed by atoms with Crippen LogP contribution in [0.4, 0.5) is 0 Å². The molecule has 0 aromatic carbocycles. The molecule has 2 heteroatoms. The highest BCUT2D eigenvalue weighted by Crippen LogP contribution is 2.54. The van der Waals surface area contributed by atoms with Crippen molar-refractivity contribution < 1.29 is 0 Å². The van der Waals surface area contributed by atoms with E-state index in [1.54, 1.807) is 32.1 Å². The first-order valence-electron chi connectivity index (χ1n) is 8.17. The van der Waals surface area contributed by atoms with Gasteiger partial charge in [0.1, 0.15) is 0 Å². The van der Waals surface area contributed by atoms with Crippen molar-refractivity contribution in [1.29, 1.82) is 0 Å². The summed E-state index contributed by atoms with van der Waals surface area (Å²) in [6.07, 6.45) is 10.7. The second-order valence-corrected chi connectivity index (χ2v) is 8.93. The van der Waals surface area contributed by atoms with Crippen LogP contribution < -0.4 is 5.32 Å². The molecular weight excluding hydrogens is 238 g/mol. The SMILES string of the molecule is CC1SCCCC1NC1C2CC3CC(C2)CC1C3. The highest BCUT2D eigenvalue weighted by Gasteiger charge is 2.48. The lowest BCUT2D eigenvalue weighted by Gasteiger charge is -2.55. The molecule has 5 aliphatic rings. The fourth-order valence-electron chi connectivity index (χ4n) is 5.59. The van der Waals surface area contributed by atoms with Crippen molar-refractivity contribution in [2.75, 3.05) is 5.75 Å². The molecule has 0 radical (unpaired) electrons. The van der Waals surface area contributed by atoms with Crippen molar-refractivity contribution in [2.24, 2.45) is 23.7 Å². The van der Waals surface area contributed by atoms with Gasteiger partial charge in [-0.1, -0.05) is 6.92 Å². The first kappa shape index (κ1) is 12.1. The highest BCUT2D eigenvalue weighted by atomic mass is 32.2. The summed E-state index contributed by atoms with van der Waals surface area (Å²) < 4.78 is 0. The molecule has 0 spiro atoms. The molecule has 1 N–H and O–H groups in total. The summed E-state index contributed by atoms with van der Waals surface area (Å²) >= 11 is 2.19. The van der Waals surface area contributed by atoms with Crippen molar-refractivity contribution in [1.82, 2.24) is 5.32 Å². The summed E-state index contributed by atoms with van der Waals surface area (Å²) in [5.74, 6) is 5.70. The van der Waals surface area contributed by atoms with Crippen LogP contribution in [0.3, 0.4) is 0 Å². The lowest BCUT2D eigenvalue weighted by Crippen LogP contribution is -2.58. The molecule has 2 atom stereocenters. The van der Waals surface area contributed by atoms with Gasteiger partial charge < -0.3 is 5.32 Å². The van der Waals surface area contributed by atoms with E-state index in [0.29, 0.717) is 0 Å². The van der Waals surface area contributed by atoms with Crippen LogP contribution in [0, 0.1) is 23.7 Å². The third-order valence-electron chi connectivity index (χ3n) is 6.24. The minimum Gasteiger partial charge on any atom is -0.310 e. The van der Waals surface area contributed by atoms with Crippen molar-refractivity contribution in [2.45, 2.75) is 69.2 Å². The Balaban J connectivity index is 1.45. The molecule has 0 aromatic heterocycles. The average Bonchev–Trinajstić information content (AvgIpc) is 2.35. The first-order chi connectivity index (χ1) is 8.79. The summed E-state index contributed by atoms with van der Waals surface area (Å²) in [7, 11) is 0. The Hall–Kier alpha value is 0.310. The zero-order valence-electron chi connectivity index (χ0n) is 11.6. The van der Waals surface area contributed by atoms with Gasteiger partial charge in [-0.05, 0) is 74.4 Å². The maximum Gasteiger partial charge on any atom is 0.0186 e. The van der Waals surface area contributed by atoms with Crippen molar-refractivity contribution in [3.8, 4) is 0 Å². The summed E-state index contributed by atoms with van der Waals surface area (Å²) in [6.45, 7) is 2.44. The van der Waals surface area contributed by atoms with Crippen LogP contribution in [-0.4, -0.2) is 23.1 Å². The molecular formula is C16H27NS. The number of thioether (sulfide) groups is 1. The van der Waals surface area contributed by atoms with E-state index >= 15 is 0 Å². The lowest BCUT2D eigenvalue weighted by molar-refractivity contribution is -0.0180. The second kappa shape index (κ2) is 4.70. The molecule has 5 fully saturated rings. The van der Waals surface area contributed by atoms with E-state index in [9.17, 15) is 0 Å². The van der Waals surface area contributed by atoms with Crippen LogP contribution in [0.2, 0.25) is 0 Å². The summed E-state index contributed by atoms with van der Waals surface area (Å²) in [5, 5.41) is 4.97. The molecule has 2 unspecified atom stereocenters. The number of hydrogen-bond acceptors (Lipinski definition) is 2. The molecule has 1 saturated heterocycles. The molecule has 18 heavy (non-hydrogen) atoms. The Bertz CT molecular complexity index is 288. The molecule has 1 heterocycles. The van der Waals surface area contributed by atoms with E-state index in [0.717, 1.165) is 41.0 Å². The van der Waals surface area contributed by atoms with Gasteiger partial charge in [0, 0.05) is 17.3 Å². The summed E-state index contributed by atoms with van der Waals surface area (Å²) in [6, 6.07) is 1.70. The van der Waals surface area contributed by atoms with Gasteiger partial charge in [0.2, 0.25) is 0 Å². The van der Waals surface area contributed by atoms with E-state index in [-0.39, 0.29) is 0 Å². The predicted octanol–water partition coefficient (Wildman–Crippen LogP) is 3.68. The molecule has 1 nitrogen and oxygen atoms in total. The zero-order chi connectivity index (χ0) is 12.1. The van der Waals surface area contributed by atoms with Gasteiger partial charge in [-0.2, -0.15) is 11.8 Å². The first-order valence-corrected chi connectivity index (χ1v) is 9.22. The zero-order valence-corrected chi connectivity index (χ0v) is 12.4. The molecule has 1 aliphatic heterocycles. The van der Waals surface area contributed by atoms with Crippen LogP contribution in [0.15, 0.2) is 0 Å². The fraction of sp³-hybridized carbons (Fsp3) is 1.00. The van der Waals surface area contributed by atoms with E-state index in [4.69, 9.17) is 0 Å².